The Morgan fingerprint density at radius 2 is 1.57 bits per heavy atom. The van der Waals surface area contributed by atoms with Gasteiger partial charge in [-0.3, -0.25) is 9.59 Å². The predicted octanol–water partition coefficient (Wildman–Crippen LogP) is 3.54. The molecule has 0 atom stereocenters. The Balaban J connectivity index is 1.83. The number of thioether (sulfide) groups is 1. The van der Waals surface area contributed by atoms with Gasteiger partial charge in [0.05, 0.1) is 10.6 Å². The highest BCUT2D eigenvalue weighted by Gasteiger charge is 2.32. The molecular weight excluding hydrogens is 282 g/mol. The van der Waals surface area contributed by atoms with Crippen LogP contribution in [0.4, 0.5) is 5.69 Å². The number of carbonyl (C=O) groups excluding carboxylic acids is 2. The maximum atomic E-state index is 12.4. The SMILES string of the molecule is Cc1ccc(SC2=CC(=O)N(c3ccccc3)C2=O)cc1. The number of carbonyl (C=O) groups is 2. The molecule has 1 aliphatic rings. The normalized spacial score (nSPS) is 14.5. The molecule has 3 nitrogen and oxygen atoms in total. The van der Waals surface area contributed by atoms with E-state index < -0.39 is 0 Å². The van der Waals surface area contributed by atoms with Crippen LogP contribution in [0.15, 0.2) is 70.5 Å². The number of para-hydroxylation sites is 1. The summed E-state index contributed by atoms with van der Waals surface area (Å²) in [6, 6.07) is 16.8. The van der Waals surface area contributed by atoms with Gasteiger partial charge >= 0.3 is 0 Å². The number of hydrogen-bond donors (Lipinski definition) is 0. The van der Waals surface area contributed by atoms with Crippen molar-refractivity contribution in [2.75, 3.05) is 4.90 Å². The van der Waals surface area contributed by atoms with E-state index in [1.165, 1.54) is 22.7 Å². The summed E-state index contributed by atoms with van der Waals surface area (Å²) >= 11 is 1.32. The number of benzene rings is 2. The van der Waals surface area contributed by atoms with Crippen LogP contribution in [-0.4, -0.2) is 11.8 Å². The lowest BCUT2D eigenvalue weighted by Crippen LogP contribution is -2.30. The lowest BCUT2D eigenvalue weighted by Gasteiger charge is -2.14. The van der Waals surface area contributed by atoms with E-state index in [2.05, 4.69) is 0 Å². The van der Waals surface area contributed by atoms with Crippen molar-refractivity contribution in [1.29, 1.82) is 0 Å². The second-order valence-corrected chi connectivity index (χ2v) is 5.85. The molecule has 104 valence electrons. The number of nitrogens with zero attached hydrogens (tertiary/aromatic N) is 1. The molecule has 21 heavy (non-hydrogen) atoms. The minimum atomic E-state index is -0.291. The number of hydrogen-bond acceptors (Lipinski definition) is 3. The molecule has 0 saturated carbocycles. The van der Waals surface area contributed by atoms with Gasteiger partial charge in [0.25, 0.3) is 11.8 Å². The fourth-order valence-electron chi connectivity index (χ4n) is 2.08. The highest BCUT2D eigenvalue weighted by atomic mass is 32.2. The molecule has 0 N–H and O–H groups in total. The van der Waals surface area contributed by atoms with Gasteiger partial charge in [-0.1, -0.05) is 47.7 Å². The van der Waals surface area contributed by atoms with Gasteiger partial charge in [0.1, 0.15) is 0 Å². The van der Waals surface area contributed by atoms with Crippen molar-refractivity contribution in [3.8, 4) is 0 Å². The summed E-state index contributed by atoms with van der Waals surface area (Å²) in [7, 11) is 0. The maximum Gasteiger partial charge on any atom is 0.272 e. The number of amides is 2. The number of rotatable bonds is 3. The van der Waals surface area contributed by atoms with E-state index in [1.54, 1.807) is 24.3 Å². The van der Waals surface area contributed by atoms with Crippen LogP contribution in [0.5, 0.6) is 0 Å². The van der Waals surface area contributed by atoms with Crippen LogP contribution in [0, 0.1) is 6.92 Å². The zero-order valence-electron chi connectivity index (χ0n) is 11.4. The van der Waals surface area contributed by atoms with Crippen LogP contribution >= 0.6 is 11.8 Å². The van der Waals surface area contributed by atoms with Gasteiger partial charge in [-0.15, -0.1) is 0 Å². The fourth-order valence-corrected chi connectivity index (χ4v) is 2.94. The molecule has 2 amide bonds. The Bertz CT molecular complexity index is 720. The molecule has 0 radical (unpaired) electrons. The minimum absolute atomic E-state index is 0.267. The molecule has 0 aromatic heterocycles. The average molecular weight is 295 g/mol. The first-order valence-corrected chi connectivity index (χ1v) is 7.36. The first-order chi connectivity index (χ1) is 10.1. The summed E-state index contributed by atoms with van der Waals surface area (Å²) in [5, 5.41) is 0. The van der Waals surface area contributed by atoms with E-state index in [4.69, 9.17) is 0 Å². The molecule has 0 bridgehead atoms. The Labute approximate surface area is 127 Å². The lowest BCUT2D eigenvalue weighted by atomic mass is 10.2. The van der Waals surface area contributed by atoms with E-state index in [0.717, 1.165) is 10.5 Å². The third kappa shape index (κ3) is 2.76. The van der Waals surface area contributed by atoms with Crippen LogP contribution in [0.3, 0.4) is 0 Å². The summed E-state index contributed by atoms with van der Waals surface area (Å²) in [5.74, 6) is -0.558. The van der Waals surface area contributed by atoms with Crippen molar-refractivity contribution in [3.05, 3.63) is 71.1 Å². The summed E-state index contributed by atoms with van der Waals surface area (Å²) in [4.78, 5) is 27.1. The molecule has 2 aromatic rings. The van der Waals surface area contributed by atoms with Crippen molar-refractivity contribution in [3.63, 3.8) is 0 Å². The molecule has 0 aliphatic carbocycles. The molecule has 1 aliphatic heterocycles. The van der Waals surface area contributed by atoms with Crippen molar-refractivity contribution in [1.82, 2.24) is 0 Å². The summed E-state index contributed by atoms with van der Waals surface area (Å²) in [5.41, 5.74) is 1.76. The van der Waals surface area contributed by atoms with E-state index in [-0.39, 0.29) is 11.8 Å². The molecule has 0 fully saturated rings. The first kappa shape index (κ1) is 13.6. The third-order valence-electron chi connectivity index (χ3n) is 3.15. The first-order valence-electron chi connectivity index (χ1n) is 6.55. The van der Waals surface area contributed by atoms with Crippen LogP contribution in [0.25, 0.3) is 0 Å². The van der Waals surface area contributed by atoms with Gasteiger partial charge in [-0.2, -0.15) is 0 Å². The highest BCUT2D eigenvalue weighted by molar-refractivity contribution is 8.04. The molecular formula is C17H13NO2S. The largest absolute Gasteiger partial charge is 0.272 e. The van der Waals surface area contributed by atoms with Crippen molar-refractivity contribution < 1.29 is 9.59 Å². The molecule has 3 rings (SSSR count). The number of imide groups is 1. The zero-order chi connectivity index (χ0) is 14.8. The highest BCUT2D eigenvalue weighted by Crippen LogP contribution is 2.33. The van der Waals surface area contributed by atoms with E-state index >= 15 is 0 Å². The Morgan fingerprint density at radius 1 is 0.905 bits per heavy atom. The van der Waals surface area contributed by atoms with Crippen LogP contribution in [-0.2, 0) is 9.59 Å². The van der Waals surface area contributed by atoms with Crippen molar-refractivity contribution >= 4 is 29.3 Å². The van der Waals surface area contributed by atoms with Gasteiger partial charge in [-0.25, -0.2) is 4.90 Å². The maximum absolute atomic E-state index is 12.4. The van der Waals surface area contributed by atoms with Gasteiger partial charge < -0.3 is 0 Å². The molecule has 0 spiro atoms. The molecule has 1 heterocycles. The second-order valence-electron chi connectivity index (χ2n) is 4.74. The van der Waals surface area contributed by atoms with Gasteiger partial charge in [0.2, 0.25) is 0 Å². The number of aryl methyl sites for hydroxylation is 1. The Hall–Kier alpha value is -2.33. The zero-order valence-corrected chi connectivity index (χ0v) is 12.3. The summed E-state index contributed by atoms with van der Waals surface area (Å²) in [6.45, 7) is 2.01. The smallest absolute Gasteiger partial charge is 0.269 e. The van der Waals surface area contributed by atoms with E-state index in [9.17, 15) is 9.59 Å². The van der Waals surface area contributed by atoms with Crippen LogP contribution in [0.2, 0.25) is 0 Å². The molecule has 0 saturated heterocycles. The lowest BCUT2D eigenvalue weighted by molar-refractivity contribution is -0.120. The third-order valence-corrected chi connectivity index (χ3v) is 4.17. The van der Waals surface area contributed by atoms with Gasteiger partial charge in [0, 0.05) is 11.0 Å². The quantitative estimate of drug-likeness (QED) is 0.813. The van der Waals surface area contributed by atoms with Gasteiger partial charge in [0.15, 0.2) is 0 Å². The van der Waals surface area contributed by atoms with Gasteiger partial charge in [-0.05, 0) is 31.2 Å². The van der Waals surface area contributed by atoms with Crippen LogP contribution < -0.4 is 4.90 Å². The van der Waals surface area contributed by atoms with Crippen molar-refractivity contribution in [2.45, 2.75) is 11.8 Å². The minimum Gasteiger partial charge on any atom is -0.269 e. The Kier molecular flexibility index (Phi) is 3.62. The Morgan fingerprint density at radius 3 is 2.24 bits per heavy atom. The van der Waals surface area contributed by atoms with Crippen molar-refractivity contribution in [2.24, 2.45) is 0 Å². The number of anilines is 1. The van der Waals surface area contributed by atoms with E-state index in [0.29, 0.717) is 10.6 Å². The molecule has 4 heteroatoms. The second kappa shape index (κ2) is 5.58. The van der Waals surface area contributed by atoms with E-state index in [1.807, 2.05) is 37.3 Å². The summed E-state index contributed by atoms with van der Waals surface area (Å²) in [6.07, 6.45) is 1.40. The standard InChI is InChI=1S/C17H13NO2S/c1-12-7-9-14(10-8-12)21-15-11-16(19)18(17(15)20)13-5-3-2-4-6-13/h2-11H,1H3. The molecule has 2 aromatic carbocycles. The van der Waals surface area contributed by atoms with Crippen LogP contribution in [0.1, 0.15) is 5.56 Å². The topological polar surface area (TPSA) is 37.4 Å². The fraction of sp³-hybridized carbons (Fsp3) is 0.0588. The monoisotopic (exact) mass is 295 g/mol. The average Bonchev–Trinajstić information content (AvgIpc) is 2.77. The molecule has 0 unspecified atom stereocenters. The summed E-state index contributed by atoms with van der Waals surface area (Å²) < 4.78 is 0. The predicted molar refractivity (Wildman–Crippen MR) is 84.1 cm³/mol.